The summed E-state index contributed by atoms with van der Waals surface area (Å²) in [6, 6.07) is 10.2. The van der Waals surface area contributed by atoms with Crippen LogP contribution >= 0.6 is 0 Å². The Bertz CT molecular complexity index is 672. The molecule has 102 valence electrons. The third-order valence-electron chi connectivity index (χ3n) is 4.00. The van der Waals surface area contributed by atoms with Crippen molar-refractivity contribution in [2.24, 2.45) is 11.7 Å². The number of nitrogens with zero attached hydrogens (tertiary/aromatic N) is 4. The number of aromatic nitrogens is 2. The summed E-state index contributed by atoms with van der Waals surface area (Å²) in [6.07, 6.45) is 2.43. The van der Waals surface area contributed by atoms with Crippen LogP contribution in [0, 0.1) is 17.2 Å². The van der Waals surface area contributed by atoms with Crippen LogP contribution in [-0.2, 0) is 0 Å². The molecule has 1 saturated carbocycles. The normalized spacial score (nSPS) is 15.8. The summed E-state index contributed by atoms with van der Waals surface area (Å²) in [5.74, 6) is 0.628. The molecule has 0 radical (unpaired) electrons. The van der Waals surface area contributed by atoms with Crippen LogP contribution in [0.4, 0.5) is 5.69 Å². The Kier molecular flexibility index (Phi) is 3.25. The van der Waals surface area contributed by atoms with Gasteiger partial charge < -0.3 is 10.6 Å². The molecule has 1 unspecified atom stereocenters. The first-order valence-corrected chi connectivity index (χ1v) is 6.84. The fraction of sp³-hybridized carbons (Fsp3) is 0.400. The summed E-state index contributed by atoms with van der Waals surface area (Å²) in [5.41, 5.74) is 7.95. The second kappa shape index (κ2) is 5.06. The number of anilines is 1. The van der Waals surface area contributed by atoms with E-state index < -0.39 is 0 Å². The molecule has 0 spiro atoms. The third kappa shape index (κ3) is 2.08. The van der Waals surface area contributed by atoms with Crippen molar-refractivity contribution in [3.63, 3.8) is 0 Å². The zero-order chi connectivity index (χ0) is 14.1. The quantitative estimate of drug-likeness (QED) is 0.911. The van der Waals surface area contributed by atoms with Crippen molar-refractivity contribution in [2.75, 3.05) is 18.5 Å². The summed E-state index contributed by atoms with van der Waals surface area (Å²) in [4.78, 5) is 2.12. The van der Waals surface area contributed by atoms with E-state index in [4.69, 9.17) is 5.73 Å². The van der Waals surface area contributed by atoms with E-state index in [1.54, 1.807) is 0 Å². The van der Waals surface area contributed by atoms with Gasteiger partial charge >= 0.3 is 0 Å². The number of likely N-dealkylation sites (N-methyl/N-ethyl adjacent to an activating group) is 1. The van der Waals surface area contributed by atoms with Gasteiger partial charge in [-0.1, -0.05) is 18.2 Å². The molecule has 1 atom stereocenters. The van der Waals surface area contributed by atoms with Crippen molar-refractivity contribution in [1.82, 2.24) is 10.2 Å². The van der Waals surface area contributed by atoms with Crippen LogP contribution in [0.1, 0.15) is 18.5 Å². The van der Waals surface area contributed by atoms with Crippen LogP contribution in [-0.4, -0.2) is 29.8 Å². The maximum atomic E-state index is 9.33. The van der Waals surface area contributed by atoms with Crippen LogP contribution < -0.4 is 10.6 Å². The Morgan fingerprint density at radius 1 is 1.40 bits per heavy atom. The zero-order valence-corrected chi connectivity index (χ0v) is 11.5. The SMILES string of the molecule is CN(c1c(C#N)nnc2ccccc12)C(CN)C1CC1. The van der Waals surface area contributed by atoms with Crippen molar-refractivity contribution >= 4 is 16.6 Å². The van der Waals surface area contributed by atoms with E-state index in [-0.39, 0.29) is 6.04 Å². The lowest BCUT2D eigenvalue weighted by Crippen LogP contribution is -2.40. The molecule has 1 aromatic carbocycles. The number of nitrogens with two attached hydrogens (primary N) is 1. The van der Waals surface area contributed by atoms with Gasteiger partial charge in [0.1, 0.15) is 6.07 Å². The standard InChI is InChI=1S/C15H17N5/c1-20(14(9-17)10-6-7-10)15-11-4-2-3-5-12(11)18-19-13(15)8-16/h2-5,10,14H,6-7,9,17H2,1H3. The molecule has 0 amide bonds. The number of rotatable bonds is 4. The highest BCUT2D eigenvalue weighted by atomic mass is 15.2. The van der Waals surface area contributed by atoms with E-state index in [9.17, 15) is 5.26 Å². The van der Waals surface area contributed by atoms with Gasteiger partial charge in [0.25, 0.3) is 0 Å². The van der Waals surface area contributed by atoms with E-state index >= 15 is 0 Å². The maximum absolute atomic E-state index is 9.33. The Labute approximate surface area is 118 Å². The third-order valence-corrected chi connectivity index (χ3v) is 4.00. The minimum Gasteiger partial charge on any atom is -0.367 e. The van der Waals surface area contributed by atoms with Crippen LogP contribution in [0.15, 0.2) is 24.3 Å². The largest absolute Gasteiger partial charge is 0.367 e. The molecule has 2 N–H and O–H groups in total. The molecule has 1 aliphatic rings. The Balaban J connectivity index is 2.15. The van der Waals surface area contributed by atoms with Gasteiger partial charge in [0, 0.05) is 25.0 Å². The molecular formula is C15H17N5. The number of hydrogen-bond acceptors (Lipinski definition) is 5. The van der Waals surface area contributed by atoms with Gasteiger partial charge in [0.2, 0.25) is 0 Å². The average molecular weight is 267 g/mol. The van der Waals surface area contributed by atoms with Gasteiger partial charge in [-0.05, 0) is 24.8 Å². The van der Waals surface area contributed by atoms with E-state index in [1.165, 1.54) is 12.8 Å². The first-order chi connectivity index (χ1) is 9.76. The van der Waals surface area contributed by atoms with Gasteiger partial charge in [-0.2, -0.15) is 5.26 Å². The predicted molar refractivity (Wildman–Crippen MR) is 78.2 cm³/mol. The van der Waals surface area contributed by atoms with Crippen molar-refractivity contribution in [3.8, 4) is 6.07 Å². The molecule has 0 aliphatic heterocycles. The topological polar surface area (TPSA) is 78.8 Å². The lowest BCUT2D eigenvalue weighted by Gasteiger charge is -2.30. The Morgan fingerprint density at radius 3 is 2.80 bits per heavy atom. The molecular weight excluding hydrogens is 250 g/mol. The van der Waals surface area contributed by atoms with Crippen molar-refractivity contribution in [3.05, 3.63) is 30.0 Å². The second-order valence-electron chi connectivity index (χ2n) is 5.28. The molecule has 2 aromatic rings. The minimum absolute atomic E-state index is 0.259. The van der Waals surface area contributed by atoms with Gasteiger partial charge in [-0.25, -0.2) is 0 Å². The number of hydrogen-bond donors (Lipinski definition) is 1. The maximum Gasteiger partial charge on any atom is 0.187 e. The number of nitriles is 1. The number of benzene rings is 1. The van der Waals surface area contributed by atoms with Gasteiger partial charge in [0.05, 0.1) is 11.2 Å². The second-order valence-corrected chi connectivity index (χ2v) is 5.28. The van der Waals surface area contributed by atoms with Crippen molar-refractivity contribution in [2.45, 2.75) is 18.9 Å². The molecule has 5 nitrogen and oxygen atoms in total. The summed E-state index contributed by atoms with van der Waals surface area (Å²) in [7, 11) is 2.00. The molecule has 1 aromatic heterocycles. The van der Waals surface area contributed by atoms with Gasteiger partial charge in [-0.15, -0.1) is 10.2 Å². The average Bonchev–Trinajstić information content (AvgIpc) is 3.31. The molecule has 1 fully saturated rings. The van der Waals surface area contributed by atoms with E-state index in [0.717, 1.165) is 16.6 Å². The van der Waals surface area contributed by atoms with E-state index in [1.807, 2.05) is 31.3 Å². The lowest BCUT2D eigenvalue weighted by atomic mass is 10.1. The first-order valence-electron chi connectivity index (χ1n) is 6.84. The fourth-order valence-electron chi connectivity index (χ4n) is 2.79. The summed E-state index contributed by atoms with van der Waals surface area (Å²) >= 11 is 0. The van der Waals surface area contributed by atoms with Crippen LogP contribution in [0.3, 0.4) is 0 Å². The Morgan fingerprint density at radius 2 is 2.15 bits per heavy atom. The lowest BCUT2D eigenvalue weighted by molar-refractivity contribution is 0.570. The van der Waals surface area contributed by atoms with Crippen LogP contribution in [0.2, 0.25) is 0 Å². The van der Waals surface area contributed by atoms with E-state index in [0.29, 0.717) is 18.2 Å². The van der Waals surface area contributed by atoms with Crippen molar-refractivity contribution < 1.29 is 0 Å². The predicted octanol–water partition coefficient (Wildman–Crippen LogP) is 1.67. The van der Waals surface area contributed by atoms with Crippen LogP contribution in [0.25, 0.3) is 10.9 Å². The molecule has 5 heteroatoms. The van der Waals surface area contributed by atoms with E-state index in [2.05, 4.69) is 21.2 Å². The highest BCUT2D eigenvalue weighted by Crippen LogP contribution is 2.38. The molecule has 1 heterocycles. The summed E-state index contributed by atoms with van der Waals surface area (Å²) in [6.45, 7) is 0.586. The Hall–Kier alpha value is -2.19. The molecule has 0 bridgehead atoms. The number of fused-ring (bicyclic) bond motifs is 1. The van der Waals surface area contributed by atoms with Gasteiger partial charge in [-0.3, -0.25) is 0 Å². The first kappa shape index (κ1) is 12.8. The molecule has 0 saturated heterocycles. The van der Waals surface area contributed by atoms with Gasteiger partial charge in [0.15, 0.2) is 5.69 Å². The highest BCUT2D eigenvalue weighted by molar-refractivity contribution is 5.93. The minimum atomic E-state index is 0.259. The summed E-state index contributed by atoms with van der Waals surface area (Å²) in [5, 5.41) is 18.4. The fourth-order valence-corrected chi connectivity index (χ4v) is 2.79. The van der Waals surface area contributed by atoms with Crippen LogP contribution in [0.5, 0.6) is 0 Å². The smallest absolute Gasteiger partial charge is 0.187 e. The molecule has 1 aliphatic carbocycles. The molecule has 3 rings (SSSR count). The zero-order valence-electron chi connectivity index (χ0n) is 11.5. The highest BCUT2D eigenvalue weighted by Gasteiger charge is 2.34. The van der Waals surface area contributed by atoms with Crippen molar-refractivity contribution in [1.29, 1.82) is 5.26 Å². The monoisotopic (exact) mass is 267 g/mol. The summed E-state index contributed by atoms with van der Waals surface area (Å²) < 4.78 is 0. The molecule has 20 heavy (non-hydrogen) atoms.